The van der Waals surface area contributed by atoms with Crippen molar-refractivity contribution < 1.29 is 28.6 Å². The standard InChI is InChI=1S/C11H12O6/c12-8-2-6-7(10(13)17-8)1-5-3-15-4-16-11(14)9(5)6/h5-7,9H,1-4H2. The Bertz CT molecular complexity index is 389. The third-order valence-electron chi connectivity index (χ3n) is 3.85. The Kier molecular flexibility index (Phi) is 2.39. The molecule has 2 heterocycles. The molecule has 3 rings (SSSR count). The van der Waals surface area contributed by atoms with E-state index in [1.807, 2.05) is 0 Å². The average molecular weight is 240 g/mol. The Morgan fingerprint density at radius 3 is 2.76 bits per heavy atom. The van der Waals surface area contributed by atoms with Crippen molar-refractivity contribution in [3.8, 4) is 0 Å². The molecule has 0 aromatic carbocycles. The summed E-state index contributed by atoms with van der Waals surface area (Å²) in [6, 6.07) is 0. The summed E-state index contributed by atoms with van der Waals surface area (Å²) in [7, 11) is 0. The highest BCUT2D eigenvalue weighted by Gasteiger charge is 2.55. The first-order chi connectivity index (χ1) is 8.16. The van der Waals surface area contributed by atoms with Gasteiger partial charge < -0.3 is 14.2 Å². The van der Waals surface area contributed by atoms with Crippen LogP contribution in [0.4, 0.5) is 0 Å². The Morgan fingerprint density at radius 1 is 1.12 bits per heavy atom. The topological polar surface area (TPSA) is 78.9 Å². The number of fused-ring (bicyclic) bond motifs is 3. The first-order valence-corrected chi connectivity index (χ1v) is 5.65. The summed E-state index contributed by atoms with van der Waals surface area (Å²) >= 11 is 0. The van der Waals surface area contributed by atoms with E-state index in [-0.39, 0.29) is 36.9 Å². The molecule has 0 N–H and O–H groups in total. The minimum Gasteiger partial charge on any atom is -0.438 e. The monoisotopic (exact) mass is 240 g/mol. The van der Waals surface area contributed by atoms with Crippen LogP contribution in [0.25, 0.3) is 0 Å². The molecular formula is C11H12O6. The Balaban J connectivity index is 1.90. The van der Waals surface area contributed by atoms with Gasteiger partial charge in [-0.25, -0.2) is 0 Å². The van der Waals surface area contributed by atoms with E-state index in [1.54, 1.807) is 0 Å². The van der Waals surface area contributed by atoms with Crippen LogP contribution in [0.15, 0.2) is 0 Å². The van der Waals surface area contributed by atoms with Crippen molar-refractivity contribution in [3.63, 3.8) is 0 Å². The highest BCUT2D eigenvalue weighted by Crippen LogP contribution is 2.47. The van der Waals surface area contributed by atoms with E-state index >= 15 is 0 Å². The van der Waals surface area contributed by atoms with E-state index in [2.05, 4.69) is 4.74 Å². The maximum Gasteiger partial charge on any atom is 0.316 e. The second-order valence-electron chi connectivity index (χ2n) is 4.74. The van der Waals surface area contributed by atoms with E-state index < -0.39 is 17.9 Å². The summed E-state index contributed by atoms with van der Waals surface area (Å²) in [4.78, 5) is 34.6. The summed E-state index contributed by atoms with van der Waals surface area (Å²) < 4.78 is 14.7. The first-order valence-electron chi connectivity index (χ1n) is 5.65. The molecule has 4 unspecified atom stereocenters. The van der Waals surface area contributed by atoms with Crippen molar-refractivity contribution in [2.75, 3.05) is 13.4 Å². The van der Waals surface area contributed by atoms with Crippen LogP contribution in [0.3, 0.4) is 0 Å². The molecule has 0 amide bonds. The van der Waals surface area contributed by atoms with Crippen molar-refractivity contribution in [2.24, 2.45) is 23.7 Å². The van der Waals surface area contributed by atoms with Crippen LogP contribution in [-0.2, 0) is 28.6 Å². The van der Waals surface area contributed by atoms with Crippen LogP contribution >= 0.6 is 0 Å². The fourth-order valence-corrected chi connectivity index (χ4v) is 3.14. The SMILES string of the molecule is O=C1CC2C(CC3COCOC(=O)C32)C(=O)O1. The normalized spacial score (nSPS) is 41.1. The molecule has 1 aliphatic carbocycles. The summed E-state index contributed by atoms with van der Waals surface area (Å²) in [5, 5.41) is 0. The van der Waals surface area contributed by atoms with E-state index in [1.165, 1.54) is 0 Å². The van der Waals surface area contributed by atoms with Gasteiger partial charge in [0.2, 0.25) is 0 Å². The lowest BCUT2D eigenvalue weighted by atomic mass is 9.83. The smallest absolute Gasteiger partial charge is 0.316 e. The molecular weight excluding hydrogens is 228 g/mol. The molecule has 0 spiro atoms. The molecule has 3 fully saturated rings. The third kappa shape index (κ3) is 1.63. The lowest BCUT2D eigenvalue weighted by Gasteiger charge is -2.25. The summed E-state index contributed by atoms with van der Waals surface area (Å²) in [6.07, 6.45) is 0.656. The second kappa shape index (κ2) is 3.80. The molecule has 0 aromatic rings. The van der Waals surface area contributed by atoms with E-state index in [0.29, 0.717) is 13.0 Å². The molecule has 6 nitrogen and oxygen atoms in total. The highest BCUT2D eigenvalue weighted by atomic mass is 16.7. The Labute approximate surface area is 97.2 Å². The van der Waals surface area contributed by atoms with E-state index in [9.17, 15) is 14.4 Å². The molecule has 2 aliphatic heterocycles. The Morgan fingerprint density at radius 2 is 1.94 bits per heavy atom. The molecule has 0 aromatic heterocycles. The van der Waals surface area contributed by atoms with E-state index in [4.69, 9.17) is 9.47 Å². The summed E-state index contributed by atoms with van der Waals surface area (Å²) in [5.74, 6) is -2.50. The highest BCUT2D eigenvalue weighted by molar-refractivity contribution is 5.91. The zero-order valence-electron chi connectivity index (χ0n) is 9.09. The maximum absolute atomic E-state index is 11.8. The van der Waals surface area contributed by atoms with Crippen LogP contribution in [0.5, 0.6) is 0 Å². The number of cyclic esters (lactones) is 3. The fourth-order valence-electron chi connectivity index (χ4n) is 3.14. The lowest BCUT2D eigenvalue weighted by molar-refractivity contribution is -0.171. The second-order valence-corrected chi connectivity index (χ2v) is 4.74. The quantitative estimate of drug-likeness (QED) is 0.433. The van der Waals surface area contributed by atoms with Gasteiger partial charge in [-0.2, -0.15) is 0 Å². The van der Waals surface area contributed by atoms with Crippen LogP contribution in [0.2, 0.25) is 0 Å². The predicted molar refractivity (Wildman–Crippen MR) is 51.2 cm³/mol. The van der Waals surface area contributed by atoms with Crippen molar-refractivity contribution >= 4 is 17.9 Å². The van der Waals surface area contributed by atoms with Gasteiger partial charge in [0.15, 0.2) is 6.79 Å². The number of rotatable bonds is 0. The molecule has 6 heteroatoms. The largest absolute Gasteiger partial charge is 0.438 e. The molecule has 3 aliphatic rings. The van der Waals surface area contributed by atoms with Crippen molar-refractivity contribution in [3.05, 3.63) is 0 Å². The maximum atomic E-state index is 11.8. The average Bonchev–Trinajstić information content (AvgIpc) is 2.53. The minimum absolute atomic E-state index is 0.0401. The number of hydrogen-bond donors (Lipinski definition) is 0. The van der Waals surface area contributed by atoms with Gasteiger partial charge in [0.05, 0.1) is 24.9 Å². The molecule has 17 heavy (non-hydrogen) atoms. The third-order valence-corrected chi connectivity index (χ3v) is 3.85. The molecule has 1 saturated carbocycles. The van der Waals surface area contributed by atoms with Gasteiger partial charge in [0, 0.05) is 0 Å². The first kappa shape index (κ1) is 10.7. The van der Waals surface area contributed by atoms with Gasteiger partial charge in [0.25, 0.3) is 0 Å². The molecule has 0 bridgehead atoms. The summed E-state index contributed by atoms with van der Waals surface area (Å²) in [5.41, 5.74) is 0. The van der Waals surface area contributed by atoms with Gasteiger partial charge in [-0.1, -0.05) is 0 Å². The van der Waals surface area contributed by atoms with Crippen LogP contribution in [0.1, 0.15) is 12.8 Å². The molecule has 2 saturated heterocycles. The van der Waals surface area contributed by atoms with Crippen molar-refractivity contribution in [1.82, 2.24) is 0 Å². The predicted octanol–water partition coefficient (Wildman–Crippen LogP) is -0.141. The molecule has 92 valence electrons. The van der Waals surface area contributed by atoms with Crippen molar-refractivity contribution in [2.45, 2.75) is 12.8 Å². The van der Waals surface area contributed by atoms with Gasteiger partial charge in [-0.3, -0.25) is 14.4 Å². The number of carbonyl (C=O) groups is 3. The molecule has 4 atom stereocenters. The van der Waals surface area contributed by atoms with E-state index in [0.717, 1.165) is 0 Å². The van der Waals surface area contributed by atoms with Gasteiger partial charge >= 0.3 is 17.9 Å². The Hall–Kier alpha value is -1.43. The number of ether oxygens (including phenoxy) is 3. The van der Waals surface area contributed by atoms with Crippen LogP contribution in [-0.4, -0.2) is 31.3 Å². The van der Waals surface area contributed by atoms with Gasteiger partial charge in [-0.15, -0.1) is 0 Å². The number of esters is 3. The van der Waals surface area contributed by atoms with Gasteiger partial charge in [-0.05, 0) is 18.3 Å². The van der Waals surface area contributed by atoms with Gasteiger partial charge in [0.1, 0.15) is 0 Å². The lowest BCUT2D eigenvalue weighted by Crippen LogP contribution is -2.37. The van der Waals surface area contributed by atoms with Crippen LogP contribution in [0, 0.1) is 23.7 Å². The van der Waals surface area contributed by atoms with Crippen molar-refractivity contribution in [1.29, 1.82) is 0 Å². The zero-order chi connectivity index (χ0) is 12.0. The summed E-state index contributed by atoms with van der Waals surface area (Å²) in [6.45, 7) is 0.354. The minimum atomic E-state index is -0.546. The fraction of sp³-hybridized carbons (Fsp3) is 0.727. The number of carbonyl (C=O) groups excluding carboxylic acids is 3. The zero-order valence-corrected chi connectivity index (χ0v) is 9.09. The molecule has 0 radical (unpaired) electrons. The number of hydrogen-bond acceptors (Lipinski definition) is 6. The van der Waals surface area contributed by atoms with Crippen LogP contribution < -0.4 is 0 Å².